The van der Waals surface area contributed by atoms with Crippen molar-refractivity contribution in [2.24, 2.45) is 15.8 Å². The molecule has 0 unspecified atom stereocenters. The van der Waals surface area contributed by atoms with E-state index in [1.165, 1.54) is 0 Å². The molecule has 4 nitrogen and oxygen atoms in total. The van der Waals surface area contributed by atoms with Crippen LogP contribution >= 0.6 is 0 Å². The van der Waals surface area contributed by atoms with E-state index in [9.17, 15) is 9.81 Å². The first kappa shape index (κ1) is 10.2. The first-order chi connectivity index (χ1) is 4.87. The lowest BCUT2D eigenvalue weighted by atomic mass is 9.75. The van der Waals surface area contributed by atoms with Gasteiger partial charge in [0.1, 0.15) is 5.54 Å². The fourth-order valence-corrected chi connectivity index (χ4v) is 0.478. The highest BCUT2D eigenvalue weighted by Gasteiger charge is 2.38. The summed E-state index contributed by atoms with van der Waals surface area (Å²) >= 11 is 0. The molecular formula is C7H14N2O2. The third kappa shape index (κ3) is 2.06. The summed E-state index contributed by atoms with van der Waals surface area (Å²) in [7, 11) is 0. The second-order valence-corrected chi connectivity index (χ2v) is 3.82. The Labute approximate surface area is 66.3 Å². The number of hydrogen-bond donors (Lipinski definition) is 0. The Balaban J connectivity index is 4.50. The van der Waals surface area contributed by atoms with E-state index in [2.05, 4.69) is 10.4 Å². The fourth-order valence-electron chi connectivity index (χ4n) is 0.478. The molecule has 0 atom stereocenters. The quantitative estimate of drug-likeness (QED) is 0.589. The summed E-state index contributed by atoms with van der Waals surface area (Å²) in [6, 6.07) is 0. The summed E-state index contributed by atoms with van der Waals surface area (Å²) in [4.78, 5) is 20.3. The van der Waals surface area contributed by atoms with Gasteiger partial charge >= 0.3 is 0 Å². The lowest BCUT2D eigenvalue weighted by molar-refractivity contribution is 0.213. The summed E-state index contributed by atoms with van der Waals surface area (Å²) in [5.41, 5.74) is -1.20. The summed E-state index contributed by atoms with van der Waals surface area (Å²) in [6.45, 7) is 7.12. The molecule has 11 heavy (non-hydrogen) atoms. The van der Waals surface area contributed by atoms with Crippen LogP contribution in [0.1, 0.15) is 27.7 Å². The van der Waals surface area contributed by atoms with Gasteiger partial charge in [-0.05, 0) is 13.8 Å². The summed E-state index contributed by atoms with van der Waals surface area (Å²) in [5.74, 6) is 0. The van der Waals surface area contributed by atoms with Gasteiger partial charge in [0, 0.05) is 5.41 Å². The lowest BCUT2D eigenvalue weighted by Gasteiger charge is -2.32. The molecule has 0 aromatic rings. The van der Waals surface area contributed by atoms with Crippen LogP contribution in [0.15, 0.2) is 10.4 Å². The van der Waals surface area contributed by atoms with Crippen molar-refractivity contribution < 1.29 is 0 Å². The van der Waals surface area contributed by atoms with Gasteiger partial charge in [0.15, 0.2) is 0 Å². The molecule has 0 aromatic carbocycles. The van der Waals surface area contributed by atoms with Crippen LogP contribution in [0, 0.1) is 15.2 Å². The van der Waals surface area contributed by atoms with E-state index in [0.717, 1.165) is 0 Å². The smallest absolute Gasteiger partial charge is 0.104 e. The van der Waals surface area contributed by atoms with E-state index in [-0.39, 0.29) is 6.54 Å². The Morgan fingerprint density at radius 2 is 1.55 bits per heavy atom. The molecule has 4 heteroatoms. The van der Waals surface area contributed by atoms with Gasteiger partial charge in [-0.15, -0.1) is 0 Å². The van der Waals surface area contributed by atoms with E-state index in [1.54, 1.807) is 27.7 Å². The van der Waals surface area contributed by atoms with Gasteiger partial charge < -0.3 is 0 Å². The number of nitrogens with zero attached hydrogens (tertiary/aromatic N) is 2. The number of nitroso groups, excluding NO2 is 2. The molecule has 0 N–H and O–H groups in total. The minimum atomic E-state index is -0.735. The lowest BCUT2D eigenvalue weighted by Crippen LogP contribution is -2.39. The molecule has 0 saturated carbocycles. The molecule has 0 spiro atoms. The van der Waals surface area contributed by atoms with Crippen molar-refractivity contribution in [1.82, 2.24) is 0 Å². The molecule has 0 bridgehead atoms. The van der Waals surface area contributed by atoms with Gasteiger partial charge in [-0.1, -0.05) is 24.2 Å². The van der Waals surface area contributed by atoms with Crippen molar-refractivity contribution in [3.8, 4) is 0 Å². The van der Waals surface area contributed by atoms with Crippen LogP contribution in [0.4, 0.5) is 0 Å². The zero-order chi connectivity index (χ0) is 9.12. The zero-order valence-corrected chi connectivity index (χ0v) is 7.42. The molecule has 0 rings (SSSR count). The van der Waals surface area contributed by atoms with Crippen LogP contribution in [-0.2, 0) is 0 Å². The second kappa shape index (κ2) is 3.07. The summed E-state index contributed by atoms with van der Waals surface area (Å²) < 4.78 is 0. The van der Waals surface area contributed by atoms with Gasteiger partial charge in [0.25, 0.3) is 0 Å². The van der Waals surface area contributed by atoms with Gasteiger partial charge in [-0.25, -0.2) is 0 Å². The minimum Gasteiger partial charge on any atom is -0.151 e. The highest BCUT2D eigenvalue weighted by atomic mass is 16.3. The third-order valence-corrected chi connectivity index (χ3v) is 2.34. The Bertz CT molecular complexity index is 164. The molecule has 0 saturated heterocycles. The van der Waals surface area contributed by atoms with E-state index in [4.69, 9.17) is 0 Å². The zero-order valence-electron chi connectivity index (χ0n) is 7.42. The molecule has 0 amide bonds. The van der Waals surface area contributed by atoms with E-state index in [0.29, 0.717) is 0 Å². The SMILES string of the molecule is CC(C)(CN=O)C(C)(C)N=O. The van der Waals surface area contributed by atoms with Crippen molar-refractivity contribution in [3.63, 3.8) is 0 Å². The third-order valence-electron chi connectivity index (χ3n) is 2.34. The van der Waals surface area contributed by atoms with Gasteiger partial charge in [-0.2, -0.15) is 9.81 Å². The van der Waals surface area contributed by atoms with Crippen LogP contribution in [0.25, 0.3) is 0 Å². The van der Waals surface area contributed by atoms with E-state index >= 15 is 0 Å². The molecule has 0 aliphatic heterocycles. The Hall–Kier alpha value is -0.800. The minimum absolute atomic E-state index is 0.117. The predicted octanol–water partition coefficient (Wildman–Crippen LogP) is 2.32. The highest BCUT2D eigenvalue weighted by Crippen LogP contribution is 2.33. The molecule has 0 radical (unpaired) electrons. The van der Waals surface area contributed by atoms with Crippen LogP contribution in [0.5, 0.6) is 0 Å². The maximum atomic E-state index is 10.4. The number of hydrogen-bond acceptors (Lipinski definition) is 4. The maximum absolute atomic E-state index is 10.4. The molecule has 0 aliphatic rings. The van der Waals surface area contributed by atoms with Crippen molar-refractivity contribution in [1.29, 1.82) is 0 Å². The first-order valence-electron chi connectivity index (χ1n) is 3.51. The van der Waals surface area contributed by atoms with Crippen molar-refractivity contribution in [3.05, 3.63) is 9.81 Å². The average molecular weight is 158 g/mol. The van der Waals surface area contributed by atoms with Crippen LogP contribution in [-0.4, -0.2) is 12.1 Å². The second-order valence-electron chi connectivity index (χ2n) is 3.82. The van der Waals surface area contributed by atoms with Gasteiger partial charge in [-0.3, -0.25) is 0 Å². The van der Waals surface area contributed by atoms with Crippen LogP contribution in [0.3, 0.4) is 0 Å². The molecule has 0 fully saturated rings. The first-order valence-corrected chi connectivity index (χ1v) is 3.51. The molecule has 64 valence electrons. The Morgan fingerprint density at radius 1 is 1.09 bits per heavy atom. The van der Waals surface area contributed by atoms with Crippen molar-refractivity contribution in [2.45, 2.75) is 33.2 Å². The van der Waals surface area contributed by atoms with Crippen LogP contribution < -0.4 is 0 Å². The van der Waals surface area contributed by atoms with Gasteiger partial charge in [0.05, 0.1) is 6.54 Å². The van der Waals surface area contributed by atoms with Crippen LogP contribution in [0.2, 0.25) is 0 Å². The predicted molar refractivity (Wildman–Crippen MR) is 44.3 cm³/mol. The topological polar surface area (TPSA) is 58.9 Å². The Kier molecular flexibility index (Phi) is 2.84. The van der Waals surface area contributed by atoms with Gasteiger partial charge in [0.2, 0.25) is 0 Å². The summed E-state index contributed by atoms with van der Waals surface area (Å²) in [6.07, 6.45) is 0. The number of rotatable bonds is 4. The Morgan fingerprint density at radius 3 is 1.82 bits per heavy atom. The standard InChI is InChI=1S/C7H14N2O2/c1-6(2,5-8-10)7(3,4)9-11/h5H2,1-4H3. The molecule has 0 heterocycles. The van der Waals surface area contributed by atoms with Crippen molar-refractivity contribution >= 4 is 0 Å². The monoisotopic (exact) mass is 158 g/mol. The maximum Gasteiger partial charge on any atom is 0.104 e. The summed E-state index contributed by atoms with van der Waals surface area (Å²) in [5, 5.41) is 5.73. The fraction of sp³-hybridized carbons (Fsp3) is 1.00. The van der Waals surface area contributed by atoms with E-state index < -0.39 is 11.0 Å². The normalized spacial score (nSPS) is 12.7. The molecule has 0 aromatic heterocycles. The van der Waals surface area contributed by atoms with Crippen molar-refractivity contribution in [2.75, 3.05) is 6.54 Å². The largest absolute Gasteiger partial charge is 0.151 e. The molecular weight excluding hydrogens is 144 g/mol. The van der Waals surface area contributed by atoms with E-state index in [1.807, 2.05) is 0 Å². The average Bonchev–Trinajstić information content (AvgIpc) is 1.87. The molecule has 0 aliphatic carbocycles. The highest BCUT2D eigenvalue weighted by molar-refractivity contribution is 4.93.